The Labute approximate surface area is 171 Å². The number of fused-ring (bicyclic) bond motifs is 1. The van der Waals surface area contributed by atoms with Crippen LogP contribution < -0.4 is 0 Å². The minimum absolute atomic E-state index is 0.0109. The third-order valence-corrected chi connectivity index (χ3v) is 8.18. The number of hydrogen-bond acceptors (Lipinski definition) is 4. The van der Waals surface area contributed by atoms with Gasteiger partial charge in [0.1, 0.15) is 11.6 Å². The highest BCUT2D eigenvalue weighted by Gasteiger charge is 2.48. The van der Waals surface area contributed by atoms with E-state index in [1.165, 1.54) is 48.2 Å². The second-order valence-corrected chi connectivity index (χ2v) is 10.5. The summed E-state index contributed by atoms with van der Waals surface area (Å²) in [6, 6.07) is 11.3. The summed E-state index contributed by atoms with van der Waals surface area (Å²) in [6.07, 6.45) is 0.0301. The second kappa shape index (κ2) is 7.87. The minimum atomic E-state index is -3.14. The van der Waals surface area contributed by atoms with E-state index >= 15 is 0 Å². The fourth-order valence-electron chi connectivity index (χ4n) is 3.53. The number of aliphatic imine (C=N–C) groups is 1. The maximum atomic E-state index is 13.2. The van der Waals surface area contributed by atoms with Crippen LogP contribution in [0.1, 0.15) is 11.1 Å². The number of carbonyl (C=O) groups excluding carboxylic acids is 1. The molecule has 29 heavy (non-hydrogen) atoms. The Morgan fingerprint density at radius 2 is 1.59 bits per heavy atom. The fraction of sp³-hybridized carbons (Fsp3) is 0.300. The Kier molecular flexibility index (Phi) is 5.44. The van der Waals surface area contributed by atoms with Gasteiger partial charge in [0.15, 0.2) is 15.0 Å². The molecule has 0 N–H and O–H groups in total. The average molecular weight is 437 g/mol. The van der Waals surface area contributed by atoms with Crippen LogP contribution in [0, 0.1) is 11.6 Å². The highest BCUT2D eigenvalue weighted by Crippen LogP contribution is 2.39. The van der Waals surface area contributed by atoms with E-state index in [-0.39, 0.29) is 46.8 Å². The Morgan fingerprint density at radius 3 is 2.21 bits per heavy atom. The van der Waals surface area contributed by atoms with E-state index in [0.29, 0.717) is 17.3 Å². The highest BCUT2D eigenvalue weighted by atomic mass is 32.2. The quantitative estimate of drug-likeness (QED) is 0.738. The molecule has 2 atom stereocenters. The number of sulfone groups is 1. The molecule has 2 aromatic carbocycles. The Balaban J connectivity index is 1.56. The van der Waals surface area contributed by atoms with Gasteiger partial charge in [0.05, 0.1) is 24.0 Å². The zero-order valence-corrected chi connectivity index (χ0v) is 16.9. The topological polar surface area (TPSA) is 66.8 Å². The first-order valence-corrected chi connectivity index (χ1v) is 11.7. The van der Waals surface area contributed by atoms with Gasteiger partial charge in [0, 0.05) is 11.8 Å². The van der Waals surface area contributed by atoms with Gasteiger partial charge >= 0.3 is 0 Å². The van der Waals surface area contributed by atoms with E-state index in [1.807, 2.05) is 4.90 Å². The molecular weight excluding hydrogens is 418 g/mol. The smallest absolute Gasteiger partial charge is 0.252 e. The van der Waals surface area contributed by atoms with Crippen LogP contribution in [0.25, 0.3) is 0 Å². The van der Waals surface area contributed by atoms with Gasteiger partial charge in [-0.3, -0.25) is 4.79 Å². The van der Waals surface area contributed by atoms with E-state index < -0.39 is 9.84 Å². The van der Waals surface area contributed by atoms with E-state index in [2.05, 4.69) is 4.99 Å². The first-order chi connectivity index (χ1) is 13.8. The van der Waals surface area contributed by atoms with Crippen LogP contribution in [0.3, 0.4) is 0 Å². The predicted octanol–water partition coefficient (Wildman–Crippen LogP) is 2.80. The monoisotopic (exact) mass is 436 g/mol. The third kappa shape index (κ3) is 4.67. The summed E-state index contributed by atoms with van der Waals surface area (Å²) in [4.78, 5) is 18.5. The zero-order chi connectivity index (χ0) is 20.6. The molecule has 1 amide bonds. The molecule has 0 unspecified atom stereocenters. The van der Waals surface area contributed by atoms with Crippen LogP contribution in [0.4, 0.5) is 8.78 Å². The molecule has 2 saturated heterocycles. The number of hydrogen-bond donors (Lipinski definition) is 0. The van der Waals surface area contributed by atoms with Crippen molar-refractivity contribution < 1.29 is 22.0 Å². The van der Waals surface area contributed by atoms with Crippen molar-refractivity contribution in [2.24, 2.45) is 4.99 Å². The summed E-state index contributed by atoms with van der Waals surface area (Å²) >= 11 is 1.30. The standard InChI is InChI=1S/C20H18F2N2O3S2/c21-15-5-1-13(2-6-15)9-19(25)23-20-24(10-14-3-7-16(22)8-4-14)17-11-29(26,27)12-18(17)28-20/h1-8,17-18H,9-12H2/t17-,18+/m1/s1. The summed E-state index contributed by atoms with van der Waals surface area (Å²) in [7, 11) is -3.14. The molecular formula is C20H18F2N2O3S2. The molecule has 2 heterocycles. The molecule has 2 aliphatic rings. The van der Waals surface area contributed by atoms with Crippen molar-refractivity contribution >= 4 is 32.7 Å². The Hall–Kier alpha value is -2.26. The lowest BCUT2D eigenvalue weighted by Crippen LogP contribution is -2.37. The molecule has 5 nitrogen and oxygen atoms in total. The van der Waals surface area contributed by atoms with E-state index in [0.717, 1.165) is 5.56 Å². The molecule has 0 bridgehead atoms. The van der Waals surface area contributed by atoms with Gasteiger partial charge in [-0.15, -0.1) is 0 Å². The van der Waals surface area contributed by atoms with Crippen molar-refractivity contribution in [3.05, 3.63) is 71.3 Å². The van der Waals surface area contributed by atoms with Gasteiger partial charge in [0.25, 0.3) is 5.91 Å². The molecule has 2 fully saturated rings. The number of amidine groups is 1. The molecule has 0 aromatic heterocycles. The zero-order valence-electron chi connectivity index (χ0n) is 15.3. The molecule has 152 valence electrons. The molecule has 4 rings (SSSR count). The van der Waals surface area contributed by atoms with Crippen LogP contribution in [0.15, 0.2) is 53.5 Å². The predicted molar refractivity (Wildman–Crippen MR) is 108 cm³/mol. The van der Waals surface area contributed by atoms with Gasteiger partial charge < -0.3 is 4.90 Å². The molecule has 0 radical (unpaired) electrons. The largest absolute Gasteiger partial charge is 0.342 e. The van der Waals surface area contributed by atoms with Gasteiger partial charge in [-0.05, 0) is 35.4 Å². The Bertz CT molecular complexity index is 1050. The van der Waals surface area contributed by atoms with E-state index in [4.69, 9.17) is 0 Å². The number of carbonyl (C=O) groups is 1. The van der Waals surface area contributed by atoms with E-state index in [1.54, 1.807) is 12.1 Å². The number of rotatable bonds is 4. The highest BCUT2D eigenvalue weighted by molar-refractivity contribution is 8.15. The summed E-state index contributed by atoms with van der Waals surface area (Å²) in [6.45, 7) is 0.340. The van der Waals surface area contributed by atoms with Crippen LogP contribution >= 0.6 is 11.8 Å². The lowest BCUT2D eigenvalue weighted by molar-refractivity contribution is -0.117. The number of benzene rings is 2. The van der Waals surface area contributed by atoms with Crippen molar-refractivity contribution in [1.82, 2.24) is 4.90 Å². The van der Waals surface area contributed by atoms with Gasteiger partial charge in [-0.25, -0.2) is 17.2 Å². The number of amides is 1. The lowest BCUT2D eigenvalue weighted by Gasteiger charge is -2.24. The van der Waals surface area contributed by atoms with Crippen LogP contribution in [-0.4, -0.2) is 47.2 Å². The number of nitrogens with zero attached hydrogens (tertiary/aromatic N) is 2. The third-order valence-electron chi connectivity index (χ3n) is 4.93. The van der Waals surface area contributed by atoms with Crippen LogP contribution in [-0.2, 0) is 27.6 Å². The Morgan fingerprint density at radius 1 is 1.00 bits per heavy atom. The molecule has 0 spiro atoms. The van der Waals surface area contributed by atoms with Crippen molar-refractivity contribution in [2.75, 3.05) is 11.5 Å². The number of thioether (sulfide) groups is 1. The van der Waals surface area contributed by atoms with Crippen molar-refractivity contribution in [2.45, 2.75) is 24.3 Å². The molecule has 2 aliphatic heterocycles. The number of halogens is 2. The summed E-state index contributed by atoms with van der Waals surface area (Å²) in [5, 5.41) is 0.296. The average Bonchev–Trinajstić information content (AvgIpc) is 3.11. The normalized spacial score (nSPS) is 24.1. The first kappa shape index (κ1) is 20.0. The lowest BCUT2D eigenvalue weighted by atomic mass is 10.1. The SMILES string of the molecule is O=C(Cc1ccc(F)cc1)N=C1S[C@H]2CS(=O)(=O)C[C@H]2N1Cc1ccc(F)cc1. The van der Waals surface area contributed by atoms with Crippen molar-refractivity contribution in [1.29, 1.82) is 0 Å². The molecule has 0 aliphatic carbocycles. The maximum absolute atomic E-state index is 13.2. The second-order valence-electron chi connectivity index (χ2n) is 7.15. The molecule has 9 heteroatoms. The first-order valence-electron chi connectivity index (χ1n) is 9.03. The van der Waals surface area contributed by atoms with Crippen molar-refractivity contribution in [3.8, 4) is 0 Å². The van der Waals surface area contributed by atoms with Crippen molar-refractivity contribution in [3.63, 3.8) is 0 Å². The van der Waals surface area contributed by atoms with Gasteiger partial charge in [0.2, 0.25) is 0 Å². The van der Waals surface area contributed by atoms with Crippen LogP contribution in [0.5, 0.6) is 0 Å². The summed E-state index contributed by atoms with van der Waals surface area (Å²) in [5.41, 5.74) is 1.45. The van der Waals surface area contributed by atoms with Gasteiger partial charge in [-0.2, -0.15) is 4.99 Å². The van der Waals surface area contributed by atoms with E-state index in [9.17, 15) is 22.0 Å². The maximum Gasteiger partial charge on any atom is 0.252 e. The van der Waals surface area contributed by atoms with Crippen LogP contribution in [0.2, 0.25) is 0 Å². The minimum Gasteiger partial charge on any atom is -0.342 e. The fourth-order valence-corrected chi connectivity index (χ4v) is 7.50. The molecule has 2 aromatic rings. The summed E-state index contributed by atoms with van der Waals surface area (Å²) < 4.78 is 50.4. The summed E-state index contributed by atoms with van der Waals surface area (Å²) in [5.74, 6) is -1.05. The van der Waals surface area contributed by atoms with Gasteiger partial charge in [-0.1, -0.05) is 36.0 Å². The molecule has 0 saturated carbocycles.